The predicted molar refractivity (Wildman–Crippen MR) is 102 cm³/mol. The molecule has 6 heteroatoms. The van der Waals surface area contributed by atoms with Crippen LogP contribution < -0.4 is 5.11 Å². The summed E-state index contributed by atoms with van der Waals surface area (Å²) in [5.74, 6) is -1.31. The Labute approximate surface area is 156 Å². The van der Waals surface area contributed by atoms with Crippen LogP contribution in [0.25, 0.3) is 6.08 Å². The monoisotopic (exact) mass is 365 g/mol. The highest BCUT2D eigenvalue weighted by Crippen LogP contribution is 2.34. The number of carbonyl (C=O) groups is 2. The van der Waals surface area contributed by atoms with Crippen molar-refractivity contribution in [3.05, 3.63) is 70.6 Å². The molecule has 0 unspecified atom stereocenters. The predicted octanol–water partition coefficient (Wildman–Crippen LogP) is 3.06. The van der Waals surface area contributed by atoms with Crippen LogP contribution in [0.3, 0.4) is 0 Å². The number of thioether (sulfide) groups is 1. The summed E-state index contributed by atoms with van der Waals surface area (Å²) >= 11 is 1.33. The Hall–Kier alpha value is -2.86. The van der Waals surface area contributed by atoms with E-state index in [1.807, 2.05) is 37.3 Å². The van der Waals surface area contributed by atoms with E-state index in [9.17, 15) is 14.7 Å². The van der Waals surface area contributed by atoms with Crippen LogP contribution in [-0.4, -0.2) is 28.5 Å². The van der Waals surface area contributed by atoms with E-state index in [4.69, 9.17) is 0 Å². The second-order valence-electron chi connectivity index (χ2n) is 5.71. The summed E-state index contributed by atoms with van der Waals surface area (Å²) in [5, 5.41) is 11.5. The average Bonchev–Trinajstić information content (AvgIpc) is 2.92. The van der Waals surface area contributed by atoms with Gasteiger partial charge >= 0.3 is 0 Å². The molecule has 1 aliphatic rings. The molecule has 1 saturated heterocycles. The summed E-state index contributed by atoms with van der Waals surface area (Å²) < 4.78 is 0. The average molecular weight is 365 g/mol. The maximum Gasteiger partial charge on any atom is 0.266 e. The summed E-state index contributed by atoms with van der Waals surface area (Å²) in [6.45, 7) is 2.61. The first-order valence-corrected chi connectivity index (χ1v) is 9.06. The van der Waals surface area contributed by atoms with Crippen molar-refractivity contribution in [2.75, 3.05) is 6.54 Å². The fourth-order valence-electron chi connectivity index (χ4n) is 2.49. The number of para-hydroxylation sites is 1. The quantitative estimate of drug-likeness (QED) is 0.764. The molecule has 0 saturated carbocycles. The van der Waals surface area contributed by atoms with Crippen LogP contribution in [0, 0.1) is 0 Å². The first-order valence-electron chi connectivity index (χ1n) is 8.25. The first kappa shape index (κ1) is 17.9. The topological polar surface area (TPSA) is 72.8 Å². The van der Waals surface area contributed by atoms with Crippen LogP contribution >= 0.6 is 11.8 Å². The van der Waals surface area contributed by atoms with Crippen molar-refractivity contribution >= 4 is 40.6 Å². The lowest BCUT2D eigenvalue weighted by Crippen LogP contribution is -2.29. The van der Waals surface area contributed by atoms with Crippen molar-refractivity contribution in [3.8, 4) is 0 Å². The number of hydrogen-bond acceptors (Lipinski definition) is 5. The van der Waals surface area contributed by atoms with Gasteiger partial charge in [-0.05, 0) is 47.5 Å². The van der Waals surface area contributed by atoms with Crippen molar-refractivity contribution < 1.29 is 14.7 Å². The molecule has 0 spiro atoms. The molecule has 132 valence electrons. The number of aromatic carboxylic acids is 1. The second kappa shape index (κ2) is 8.01. The smallest absolute Gasteiger partial charge is 0.266 e. The van der Waals surface area contributed by atoms with Crippen molar-refractivity contribution in [2.45, 2.75) is 13.3 Å². The highest BCUT2D eigenvalue weighted by molar-refractivity contribution is 8.18. The van der Waals surface area contributed by atoms with E-state index in [0.717, 1.165) is 17.7 Å². The maximum absolute atomic E-state index is 12.7. The van der Waals surface area contributed by atoms with Gasteiger partial charge in [0.1, 0.15) is 0 Å². The van der Waals surface area contributed by atoms with Crippen LogP contribution in [0.4, 0.5) is 5.69 Å². The van der Waals surface area contributed by atoms with Gasteiger partial charge in [0.25, 0.3) is 5.91 Å². The summed E-state index contributed by atoms with van der Waals surface area (Å²) in [7, 11) is 0. The molecule has 1 heterocycles. The molecule has 3 rings (SSSR count). The van der Waals surface area contributed by atoms with Gasteiger partial charge in [-0.25, -0.2) is 4.99 Å². The molecule has 26 heavy (non-hydrogen) atoms. The zero-order valence-corrected chi connectivity index (χ0v) is 15.0. The fraction of sp³-hybridized carbons (Fsp3) is 0.150. The molecule has 1 amide bonds. The fourth-order valence-corrected chi connectivity index (χ4v) is 3.52. The van der Waals surface area contributed by atoms with Crippen LogP contribution in [0.5, 0.6) is 0 Å². The molecule has 1 fully saturated rings. The Balaban J connectivity index is 1.90. The van der Waals surface area contributed by atoms with Crippen molar-refractivity contribution in [1.82, 2.24) is 4.90 Å². The molecule has 2 aromatic carbocycles. The third-order valence-electron chi connectivity index (χ3n) is 3.76. The van der Waals surface area contributed by atoms with E-state index < -0.39 is 5.97 Å². The van der Waals surface area contributed by atoms with E-state index in [-0.39, 0.29) is 11.5 Å². The number of benzene rings is 2. The SMILES string of the molecule is CCCN1C(=O)/C(=C\c2ccc(C(=O)[O-])cc2)SC1=Nc1ccccc1. The van der Waals surface area contributed by atoms with Crippen molar-refractivity contribution in [1.29, 1.82) is 0 Å². The van der Waals surface area contributed by atoms with Gasteiger partial charge in [-0.1, -0.05) is 49.4 Å². The van der Waals surface area contributed by atoms with Crippen molar-refractivity contribution in [2.24, 2.45) is 4.99 Å². The van der Waals surface area contributed by atoms with Crippen LogP contribution in [0.1, 0.15) is 29.3 Å². The minimum absolute atomic E-state index is 0.0875. The van der Waals surface area contributed by atoms with E-state index in [0.29, 0.717) is 16.6 Å². The van der Waals surface area contributed by atoms with E-state index >= 15 is 0 Å². The Morgan fingerprint density at radius 3 is 2.46 bits per heavy atom. The standard InChI is InChI=1S/C20H18N2O3S/c1-2-12-22-18(23)17(13-14-8-10-15(11-9-14)19(24)25)26-20(22)21-16-6-4-3-5-7-16/h3-11,13H,2,12H2,1H3,(H,24,25)/p-1/b17-13+,21-20?. The third-order valence-corrected chi connectivity index (χ3v) is 4.77. The number of hydrogen-bond donors (Lipinski definition) is 0. The van der Waals surface area contributed by atoms with Gasteiger partial charge < -0.3 is 9.90 Å². The lowest BCUT2D eigenvalue weighted by Gasteiger charge is -2.13. The molecule has 2 aromatic rings. The number of aliphatic imine (C=N–C) groups is 1. The normalized spacial score (nSPS) is 17.3. The lowest BCUT2D eigenvalue weighted by molar-refractivity contribution is -0.255. The van der Waals surface area contributed by atoms with Crippen LogP contribution in [0.15, 0.2) is 64.5 Å². The molecular formula is C20H17N2O3S-. The van der Waals surface area contributed by atoms with Gasteiger partial charge in [0.2, 0.25) is 0 Å². The van der Waals surface area contributed by atoms with Crippen LogP contribution in [-0.2, 0) is 4.79 Å². The third kappa shape index (κ3) is 4.03. The first-order chi connectivity index (χ1) is 12.6. The van der Waals surface area contributed by atoms with Gasteiger partial charge in [-0.2, -0.15) is 0 Å². The minimum atomic E-state index is -1.22. The zero-order valence-electron chi connectivity index (χ0n) is 14.2. The molecule has 0 aliphatic carbocycles. The number of amides is 1. The number of nitrogens with zero attached hydrogens (tertiary/aromatic N) is 2. The Kier molecular flexibility index (Phi) is 5.53. The molecule has 1 aliphatic heterocycles. The molecule has 0 N–H and O–H groups in total. The minimum Gasteiger partial charge on any atom is -0.545 e. The Morgan fingerprint density at radius 1 is 1.15 bits per heavy atom. The van der Waals surface area contributed by atoms with Crippen molar-refractivity contribution in [3.63, 3.8) is 0 Å². The van der Waals surface area contributed by atoms with Gasteiger partial charge in [-0.3, -0.25) is 9.69 Å². The lowest BCUT2D eigenvalue weighted by atomic mass is 10.1. The van der Waals surface area contributed by atoms with Crippen LogP contribution in [0.2, 0.25) is 0 Å². The maximum atomic E-state index is 12.7. The molecule has 0 bridgehead atoms. The summed E-state index contributed by atoms with van der Waals surface area (Å²) in [5.41, 5.74) is 1.66. The Morgan fingerprint density at radius 2 is 1.85 bits per heavy atom. The largest absolute Gasteiger partial charge is 0.545 e. The molecule has 0 atom stereocenters. The Bertz CT molecular complexity index is 874. The van der Waals surface area contributed by atoms with Gasteiger partial charge in [-0.15, -0.1) is 0 Å². The molecule has 0 radical (unpaired) electrons. The second-order valence-corrected chi connectivity index (χ2v) is 6.72. The molecule has 0 aromatic heterocycles. The molecule has 5 nitrogen and oxygen atoms in total. The summed E-state index contributed by atoms with van der Waals surface area (Å²) in [6, 6.07) is 15.8. The number of carbonyl (C=O) groups excluding carboxylic acids is 2. The van der Waals surface area contributed by atoms with Gasteiger partial charge in [0, 0.05) is 6.54 Å². The number of rotatable bonds is 5. The summed E-state index contributed by atoms with van der Waals surface area (Å²) in [4.78, 5) is 30.4. The number of carboxylic acids is 1. The van der Waals surface area contributed by atoms with Gasteiger partial charge in [0.15, 0.2) is 5.17 Å². The van der Waals surface area contributed by atoms with Gasteiger partial charge in [0.05, 0.1) is 16.6 Å². The van der Waals surface area contributed by atoms with E-state index in [2.05, 4.69) is 4.99 Å². The molecular weight excluding hydrogens is 348 g/mol. The number of amidine groups is 1. The highest BCUT2D eigenvalue weighted by atomic mass is 32.2. The highest BCUT2D eigenvalue weighted by Gasteiger charge is 2.32. The van der Waals surface area contributed by atoms with E-state index in [1.54, 1.807) is 23.1 Å². The zero-order chi connectivity index (χ0) is 18.5. The van der Waals surface area contributed by atoms with E-state index in [1.165, 1.54) is 23.9 Å². The number of carboxylic acid groups (broad SMARTS) is 1. The summed E-state index contributed by atoms with van der Waals surface area (Å²) in [6.07, 6.45) is 2.58.